The summed E-state index contributed by atoms with van der Waals surface area (Å²) in [6, 6.07) is 8.92. The van der Waals surface area contributed by atoms with Crippen LogP contribution in [0.1, 0.15) is 11.5 Å². The standard InChI is InChI=1S/C18H19N7O3S/c1-13-19-8-9-25(13)18-10-17(21-12-22-18)20-6-7-23-29(26,27)11-15-14-4-2-3-5-16(14)28-24-15/h2-5,8-10,12,23H,6-7,11H2,1H3,(H,20,21,22). The van der Waals surface area contributed by atoms with Crippen molar-refractivity contribution in [1.29, 1.82) is 0 Å². The van der Waals surface area contributed by atoms with Gasteiger partial charge in [0, 0.05) is 36.9 Å². The lowest BCUT2D eigenvalue weighted by molar-refractivity contribution is 0.448. The van der Waals surface area contributed by atoms with Crippen LogP contribution in [0.4, 0.5) is 5.82 Å². The summed E-state index contributed by atoms with van der Waals surface area (Å²) in [5, 5.41) is 7.64. The Labute approximate surface area is 167 Å². The molecule has 150 valence electrons. The summed E-state index contributed by atoms with van der Waals surface area (Å²) in [6.07, 6.45) is 4.94. The third-order valence-corrected chi connectivity index (χ3v) is 5.55. The second kappa shape index (κ2) is 7.97. The largest absolute Gasteiger partial charge is 0.369 e. The van der Waals surface area contributed by atoms with Crippen LogP contribution in [0.5, 0.6) is 0 Å². The molecule has 0 saturated heterocycles. The van der Waals surface area contributed by atoms with E-state index in [0.717, 1.165) is 5.82 Å². The van der Waals surface area contributed by atoms with Crippen LogP contribution in [-0.2, 0) is 15.8 Å². The molecule has 0 spiro atoms. The van der Waals surface area contributed by atoms with Gasteiger partial charge in [0.1, 0.15) is 35.2 Å². The maximum absolute atomic E-state index is 12.3. The molecule has 29 heavy (non-hydrogen) atoms. The topological polar surface area (TPSA) is 128 Å². The highest BCUT2D eigenvalue weighted by atomic mass is 32.2. The summed E-state index contributed by atoms with van der Waals surface area (Å²) >= 11 is 0. The Hall–Kier alpha value is -3.31. The molecule has 0 amide bonds. The van der Waals surface area contributed by atoms with E-state index in [0.29, 0.717) is 34.8 Å². The van der Waals surface area contributed by atoms with E-state index in [1.54, 1.807) is 24.4 Å². The SMILES string of the molecule is Cc1nccn1-c1cc(NCCNS(=O)(=O)Cc2noc3ccccc23)ncn1. The number of para-hydroxylation sites is 1. The Morgan fingerprint density at radius 1 is 1.14 bits per heavy atom. The molecule has 0 saturated carbocycles. The van der Waals surface area contributed by atoms with Crippen LogP contribution in [0, 0.1) is 6.92 Å². The number of hydrogen-bond donors (Lipinski definition) is 2. The number of rotatable bonds is 8. The van der Waals surface area contributed by atoms with Gasteiger partial charge in [-0.15, -0.1) is 0 Å². The van der Waals surface area contributed by atoms with Crippen molar-refractivity contribution in [3.05, 3.63) is 60.6 Å². The predicted octanol–water partition coefficient (Wildman–Crippen LogP) is 1.64. The molecule has 0 fully saturated rings. The summed E-state index contributed by atoms with van der Waals surface area (Å²) in [7, 11) is -3.56. The van der Waals surface area contributed by atoms with E-state index in [2.05, 4.69) is 30.1 Å². The van der Waals surface area contributed by atoms with E-state index < -0.39 is 10.0 Å². The zero-order valence-electron chi connectivity index (χ0n) is 15.6. The van der Waals surface area contributed by atoms with Gasteiger partial charge in [0.25, 0.3) is 0 Å². The minimum absolute atomic E-state index is 0.196. The zero-order chi connectivity index (χ0) is 20.3. The van der Waals surface area contributed by atoms with Crippen molar-refractivity contribution in [3.63, 3.8) is 0 Å². The number of benzene rings is 1. The fourth-order valence-corrected chi connectivity index (χ4v) is 3.95. The highest BCUT2D eigenvalue weighted by molar-refractivity contribution is 7.88. The van der Waals surface area contributed by atoms with Gasteiger partial charge in [0.15, 0.2) is 5.58 Å². The average molecular weight is 413 g/mol. The number of nitrogens with zero attached hydrogens (tertiary/aromatic N) is 5. The van der Waals surface area contributed by atoms with E-state index in [1.807, 2.05) is 29.8 Å². The second-order valence-corrected chi connectivity index (χ2v) is 8.12. The molecule has 3 heterocycles. The summed E-state index contributed by atoms with van der Waals surface area (Å²) < 4.78 is 34.2. The first-order valence-electron chi connectivity index (χ1n) is 8.89. The van der Waals surface area contributed by atoms with Crippen LogP contribution < -0.4 is 10.0 Å². The van der Waals surface area contributed by atoms with Crippen molar-refractivity contribution in [1.82, 2.24) is 29.4 Å². The summed E-state index contributed by atoms with van der Waals surface area (Å²) in [5.41, 5.74) is 0.948. The van der Waals surface area contributed by atoms with Crippen LogP contribution in [0.2, 0.25) is 0 Å². The number of anilines is 1. The van der Waals surface area contributed by atoms with Gasteiger partial charge in [0.05, 0.1) is 0 Å². The molecule has 0 atom stereocenters. The molecule has 0 unspecified atom stereocenters. The van der Waals surface area contributed by atoms with Gasteiger partial charge in [-0.25, -0.2) is 28.1 Å². The Kier molecular flexibility index (Phi) is 5.23. The van der Waals surface area contributed by atoms with Gasteiger partial charge < -0.3 is 9.84 Å². The normalized spacial score (nSPS) is 11.8. The highest BCUT2D eigenvalue weighted by Gasteiger charge is 2.17. The highest BCUT2D eigenvalue weighted by Crippen LogP contribution is 2.19. The van der Waals surface area contributed by atoms with Gasteiger partial charge >= 0.3 is 0 Å². The Morgan fingerprint density at radius 2 is 2.00 bits per heavy atom. The maximum atomic E-state index is 12.3. The molecule has 1 aromatic carbocycles. The van der Waals surface area contributed by atoms with E-state index in [-0.39, 0.29) is 12.3 Å². The first-order chi connectivity index (χ1) is 14.0. The lowest BCUT2D eigenvalue weighted by atomic mass is 10.2. The number of aryl methyl sites for hydroxylation is 1. The van der Waals surface area contributed by atoms with Crippen molar-refractivity contribution in [2.45, 2.75) is 12.7 Å². The number of nitrogens with one attached hydrogen (secondary N) is 2. The number of aromatic nitrogens is 5. The van der Waals surface area contributed by atoms with Gasteiger partial charge in [-0.2, -0.15) is 0 Å². The van der Waals surface area contributed by atoms with Crippen LogP contribution in [-0.4, -0.2) is 46.2 Å². The molecule has 0 aliphatic carbocycles. The number of imidazole rings is 1. The van der Waals surface area contributed by atoms with E-state index >= 15 is 0 Å². The van der Waals surface area contributed by atoms with Crippen molar-refractivity contribution < 1.29 is 12.9 Å². The monoisotopic (exact) mass is 413 g/mol. The van der Waals surface area contributed by atoms with E-state index in [1.165, 1.54) is 6.33 Å². The zero-order valence-corrected chi connectivity index (χ0v) is 16.4. The van der Waals surface area contributed by atoms with Crippen molar-refractivity contribution in [2.24, 2.45) is 0 Å². The minimum Gasteiger partial charge on any atom is -0.369 e. The average Bonchev–Trinajstić information content (AvgIpc) is 3.32. The predicted molar refractivity (Wildman–Crippen MR) is 107 cm³/mol. The second-order valence-electron chi connectivity index (χ2n) is 6.31. The Bertz CT molecular complexity index is 1230. The molecule has 2 N–H and O–H groups in total. The van der Waals surface area contributed by atoms with Crippen molar-refractivity contribution in [2.75, 3.05) is 18.4 Å². The smallest absolute Gasteiger partial charge is 0.217 e. The Balaban J connectivity index is 1.33. The van der Waals surface area contributed by atoms with Crippen molar-refractivity contribution >= 4 is 26.8 Å². The molecular formula is C18H19N7O3S. The summed E-state index contributed by atoms with van der Waals surface area (Å²) in [6.45, 7) is 2.43. The molecule has 10 nitrogen and oxygen atoms in total. The van der Waals surface area contributed by atoms with Crippen LogP contribution >= 0.6 is 0 Å². The van der Waals surface area contributed by atoms with Crippen molar-refractivity contribution in [3.8, 4) is 5.82 Å². The third-order valence-electron chi connectivity index (χ3n) is 4.26. The number of sulfonamides is 1. The number of fused-ring (bicyclic) bond motifs is 1. The third kappa shape index (κ3) is 4.41. The fourth-order valence-electron chi connectivity index (χ4n) is 2.87. The fraction of sp³-hybridized carbons (Fsp3) is 0.222. The molecule has 0 aliphatic rings. The molecule has 4 aromatic rings. The minimum atomic E-state index is -3.56. The first-order valence-corrected chi connectivity index (χ1v) is 10.5. The van der Waals surface area contributed by atoms with Crippen LogP contribution in [0.25, 0.3) is 16.8 Å². The van der Waals surface area contributed by atoms with Crippen LogP contribution in [0.3, 0.4) is 0 Å². The van der Waals surface area contributed by atoms with E-state index in [4.69, 9.17) is 4.52 Å². The van der Waals surface area contributed by atoms with Crippen LogP contribution in [0.15, 0.2) is 53.6 Å². The maximum Gasteiger partial charge on any atom is 0.217 e. The van der Waals surface area contributed by atoms with E-state index in [9.17, 15) is 8.42 Å². The summed E-state index contributed by atoms with van der Waals surface area (Å²) in [5.74, 6) is 1.82. The van der Waals surface area contributed by atoms with Gasteiger partial charge in [0.2, 0.25) is 10.0 Å². The molecule has 0 aliphatic heterocycles. The molecule has 0 bridgehead atoms. The van der Waals surface area contributed by atoms with Gasteiger partial charge in [-0.3, -0.25) is 4.57 Å². The van der Waals surface area contributed by atoms with Gasteiger partial charge in [-0.05, 0) is 19.1 Å². The molecular weight excluding hydrogens is 394 g/mol. The molecule has 3 aromatic heterocycles. The lowest BCUT2D eigenvalue weighted by Crippen LogP contribution is -2.30. The van der Waals surface area contributed by atoms with Gasteiger partial charge in [-0.1, -0.05) is 17.3 Å². The molecule has 0 radical (unpaired) electrons. The molecule has 11 heteroatoms. The summed E-state index contributed by atoms with van der Waals surface area (Å²) in [4.78, 5) is 12.5. The molecule has 4 rings (SSSR count). The number of hydrogen-bond acceptors (Lipinski definition) is 8. The Morgan fingerprint density at radius 3 is 2.83 bits per heavy atom. The first kappa shape index (κ1) is 19.0. The quantitative estimate of drug-likeness (QED) is 0.417. The lowest BCUT2D eigenvalue weighted by Gasteiger charge is -2.09.